The van der Waals surface area contributed by atoms with Gasteiger partial charge in [-0.05, 0) is 35.9 Å². The van der Waals surface area contributed by atoms with Crippen LogP contribution in [-0.4, -0.2) is 16.1 Å². The van der Waals surface area contributed by atoms with E-state index in [1.165, 1.54) is 0 Å². The van der Waals surface area contributed by atoms with Gasteiger partial charge in [-0.15, -0.1) is 0 Å². The fourth-order valence-corrected chi connectivity index (χ4v) is 2.05. The number of aromatic amines is 1. The average molecular weight is 266 g/mol. The van der Waals surface area contributed by atoms with Crippen molar-refractivity contribution in [2.24, 2.45) is 5.73 Å². The summed E-state index contributed by atoms with van der Waals surface area (Å²) in [6, 6.07) is 13.3. The molecule has 0 bridgehead atoms. The van der Waals surface area contributed by atoms with Crippen LogP contribution >= 0.6 is 0 Å². The van der Waals surface area contributed by atoms with Crippen LogP contribution in [0.4, 0.5) is 5.69 Å². The van der Waals surface area contributed by atoms with Crippen molar-refractivity contribution in [3.63, 3.8) is 0 Å². The molecule has 0 unspecified atom stereocenters. The molecule has 0 spiro atoms. The number of hydrogen-bond donors (Lipinski definition) is 3. The van der Waals surface area contributed by atoms with Crippen LogP contribution in [0, 0.1) is 0 Å². The number of nitrogens with zero attached hydrogens (tertiary/aromatic N) is 1. The van der Waals surface area contributed by atoms with E-state index in [9.17, 15) is 4.79 Å². The smallest absolute Gasteiger partial charge is 0.248 e. The number of benzene rings is 2. The van der Waals surface area contributed by atoms with Crippen LogP contribution in [0.15, 0.2) is 48.7 Å². The zero-order valence-electron chi connectivity index (χ0n) is 10.8. The van der Waals surface area contributed by atoms with E-state index < -0.39 is 5.91 Å². The van der Waals surface area contributed by atoms with Crippen molar-refractivity contribution >= 4 is 22.5 Å². The highest BCUT2D eigenvalue weighted by atomic mass is 16.1. The number of carbonyl (C=O) groups is 1. The largest absolute Gasteiger partial charge is 0.381 e. The van der Waals surface area contributed by atoms with Gasteiger partial charge in [0.2, 0.25) is 5.91 Å². The first-order valence-corrected chi connectivity index (χ1v) is 6.28. The molecule has 4 N–H and O–H groups in total. The normalized spacial score (nSPS) is 10.6. The van der Waals surface area contributed by atoms with Crippen LogP contribution < -0.4 is 11.1 Å². The average Bonchev–Trinajstić information content (AvgIpc) is 2.93. The van der Waals surface area contributed by atoms with Gasteiger partial charge in [-0.1, -0.05) is 12.1 Å². The number of nitrogens with one attached hydrogen (secondary N) is 2. The van der Waals surface area contributed by atoms with Crippen molar-refractivity contribution < 1.29 is 4.79 Å². The van der Waals surface area contributed by atoms with Crippen LogP contribution in [0.1, 0.15) is 15.9 Å². The molecule has 1 amide bonds. The Hall–Kier alpha value is -2.82. The number of nitrogens with two attached hydrogens (primary N) is 1. The van der Waals surface area contributed by atoms with E-state index in [0.717, 1.165) is 22.2 Å². The second-order valence-electron chi connectivity index (χ2n) is 4.59. The Balaban J connectivity index is 1.70. The third-order valence-corrected chi connectivity index (χ3v) is 3.17. The van der Waals surface area contributed by atoms with Crippen molar-refractivity contribution in [1.29, 1.82) is 0 Å². The van der Waals surface area contributed by atoms with Gasteiger partial charge in [0.25, 0.3) is 0 Å². The van der Waals surface area contributed by atoms with Gasteiger partial charge >= 0.3 is 0 Å². The summed E-state index contributed by atoms with van der Waals surface area (Å²) >= 11 is 0. The highest BCUT2D eigenvalue weighted by Crippen LogP contribution is 2.15. The van der Waals surface area contributed by atoms with E-state index in [-0.39, 0.29) is 0 Å². The Morgan fingerprint density at radius 3 is 2.75 bits per heavy atom. The van der Waals surface area contributed by atoms with E-state index >= 15 is 0 Å². The number of carbonyl (C=O) groups excluding carboxylic acids is 1. The number of H-pyrrole nitrogens is 1. The predicted molar refractivity (Wildman–Crippen MR) is 78.4 cm³/mol. The first kappa shape index (κ1) is 12.2. The van der Waals surface area contributed by atoms with Gasteiger partial charge in [0.15, 0.2) is 0 Å². The van der Waals surface area contributed by atoms with Gasteiger partial charge in [-0.2, -0.15) is 5.10 Å². The second kappa shape index (κ2) is 5.05. The molecule has 100 valence electrons. The standard InChI is InChI=1S/C15H14N4O/c16-15(20)11-3-5-13(6-4-11)17-8-10-1-2-12-9-18-19-14(12)7-10/h1-7,9,17H,8H2,(H2,16,20)(H,18,19). The number of amides is 1. The molecule has 5 heteroatoms. The lowest BCUT2D eigenvalue weighted by Gasteiger charge is -2.07. The topological polar surface area (TPSA) is 83.8 Å². The number of primary amides is 1. The van der Waals surface area contributed by atoms with Gasteiger partial charge in [0.05, 0.1) is 11.7 Å². The summed E-state index contributed by atoms with van der Waals surface area (Å²) in [4.78, 5) is 11.0. The minimum atomic E-state index is -0.416. The maximum atomic E-state index is 11.0. The third-order valence-electron chi connectivity index (χ3n) is 3.17. The number of rotatable bonds is 4. The van der Waals surface area contributed by atoms with Crippen LogP contribution in [0.2, 0.25) is 0 Å². The molecule has 0 atom stereocenters. The number of aromatic nitrogens is 2. The molecule has 0 aliphatic carbocycles. The molecular weight excluding hydrogens is 252 g/mol. The van der Waals surface area contributed by atoms with Crippen LogP contribution in [0.3, 0.4) is 0 Å². The molecule has 0 aliphatic rings. The van der Waals surface area contributed by atoms with Gasteiger partial charge in [-0.3, -0.25) is 9.89 Å². The number of anilines is 1. The Labute approximate surface area is 115 Å². The fourth-order valence-electron chi connectivity index (χ4n) is 2.05. The van der Waals surface area contributed by atoms with Crippen molar-refractivity contribution in [1.82, 2.24) is 10.2 Å². The van der Waals surface area contributed by atoms with E-state index in [0.29, 0.717) is 12.1 Å². The SMILES string of the molecule is NC(=O)c1ccc(NCc2ccc3cn[nH]c3c2)cc1. The maximum Gasteiger partial charge on any atom is 0.248 e. The Morgan fingerprint density at radius 2 is 2.00 bits per heavy atom. The minimum Gasteiger partial charge on any atom is -0.381 e. The summed E-state index contributed by atoms with van der Waals surface area (Å²) < 4.78 is 0. The lowest BCUT2D eigenvalue weighted by molar-refractivity contribution is 0.100. The maximum absolute atomic E-state index is 11.0. The molecule has 3 rings (SSSR count). The molecule has 3 aromatic rings. The predicted octanol–water partition coefficient (Wildman–Crippen LogP) is 2.27. The van der Waals surface area contributed by atoms with E-state index in [1.54, 1.807) is 18.3 Å². The minimum absolute atomic E-state index is 0.416. The van der Waals surface area contributed by atoms with Crippen molar-refractivity contribution in [2.75, 3.05) is 5.32 Å². The summed E-state index contributed by atoms with van der Waals surface area (Å²) in [5, 5.41) is 11.3. The Bertz CT molecular complexity index is 746. The Morgan fingerprint density at radius 1 is 1.20 bits per heavy atom. The molecule has 20 heavy (non-hydrogen) atoms. The number of hydrogen-bond acceptors (Lipinski definition) is 3. The lowest BCUT2D eigenvalue weighted by atomic mass is 10.1. The van der Waals surface area contributed by atoms with Crippen molar-refractivity contribution in [2.45, 2.75) is 6.54 Å². The zero-order chi connectivity index (χ0) is 13.9. The molecule has 0 saturated carbocycles. The molecule has 5 nitrogen and oxygen atoms in total. The molecule has 1 heterocycles. The van der Waals surface area contributed by atoms with Crippen molar-refractivity contribution in [3.05, 3.63) is 59.8 Å². The molecule has 2 aromatic carbocycles. The summed E-state index contributed by atoms with van der Waals surface area (Å²) in [6.07, 6.45) is 1.80. The van der Waals surface area contributed by atoms with E-state index in [2.05, 4.69) is 27.6 Å². The van der Waals surface area contributed by atoms with Gasteiger partial charge in [-0.25, -0.2) is 0 Å². The van der Waals surface area contributed by atoms with Crippen LogP contribution in [0.25, 0.3) is 10.9 Å². The summed E-state index contributed by atoms with van der Waals surface area (Å²) in [5.41, 5.74) is 8.83. The summed E-state index contributed by atoms with van der Waals surface area (Å²) in [6.45, 7) is 0.699. The molecule has 1 aromatic heterocycles. The molecule has 0 radical (unpaired) electrons. The molecular formula is C15H14N4O. The zero-order valence-corrected chi connectivity index (χ0v) is 10.8. The van der Waals surface area contributed by atoms with E-state index in [4.69, 9.17) is 5.73 Å². The second-order valence-corrected chi connectivity index (χ2v) is 4.59. The highest BCUT2D eigenvalue weighted by molar-refractivity contribution is 5.93. The summed E-state index contributed by atoms with van der Waals surface area (Å²) in [7, 11) is 0. The quantitative estimate of drug-likeness (QED) is 0.677. The molecule has 0 saturated heterocycles. The third kappa shape index (κ3) is 2.47. The Kier molecular flexibility index (Phi) is 3.09. The molecule has 0 aliphatic heterocycles. The summed E-state index contributed by atoms with van der Waals surface area (Å²) in [5.74, 6) is -0.416. The molecule has 0 fully saturated rings. The first-order chi connectivity index (χ1) is 9.72. The van der Waals surface area contributed by atoms with E-state index in [1.807, 2.05) is 18.2 Å². The first-order valence-electron chi connectivity index (χ1n) is 6.28. The monoisotopic (exact) mass is 266 g/mol. The lowest BCUT2D eigenvalue weighted by Crippen LogP contribution is -2.10. The highest BCUT2D eigenvalue weighted by Gasteiger charge is 2.01. The van der Waals surface area contributed by atoms with Gasteiger partial charge < -0.3 is 11.1 Å². The fraction of sp³-hybridized carbons (Fsp3) is 0.0667. The van der Waals surface area contributed by atoms with Gasteiger partial charge in [0, 0.05) is 23.2 Å². The van der Waals surface area contributed by atoms with Crippen LogP contribution in [-0.2, 0) is 6.54 Å². The van der Waals surface area contributed by atoms with Gasteiger partial charge in [0.1, 0.15) is 0 Å². The number of fused-ring (bicyclic) bond motifs is 1. The van der Waals surface area contributed by atoms with Crippen molar-refractivity contribution in [3.8, 4) is 0 Å². The van der Waals surface area contributed by atoms with Crippen LogP contribution in [0.5, 0.6) is 0 Å².